The van der Waals surface area contributed by atoms with Gasteiger partial charge in [0.15, 0.2) is 0 Å². The number of carbonyl (C=O) groups excluding carboxylic acids is 2. The third-order valence-electron chi connectivity index (χ3n) is 3.69. The van der Waals surface area contributed by atoms with Crippen LogP contribution >= 0.6 is 11.8 Å². The van der Waals surface area contributed by atoms with Crippen molar-refractivity contribution in [2.75, 3.05) is 18.8 Å². The van der Waals surface area contributed by atoms with Gasteiger partial charge in [-0.1, -0.05) is 26.3 Å². The average molecular weight is 327 g/mol. The van der Waals surface area contributed by atoms with Gasteiger partial charge in [-0.15, -0.1) is 11.8 Å². The third-order valence-corrected chi connectivity index (χ3v) is 5.15. The van der Waals surface area contributed by atoms with E-state index in [0.29, 0.717) is 5.75 Å². The Labute approximate surface area is 139 Å². The number of amides is 2. The van der Waals surface area contributed by atoms with Crippen LogP contribution in [0.25, 0.3) is 0 Å². The van der Waals surface area contributed by atoms with Crippen molar-refractivity contribution in [1.82, 2.24) is 9.80 Å². The first-order chi connectivity index (χ1) is 10.5. The van der Waals surface area contributed by atoms with Gasteiger partial charge in [-0.3, -0.25) is 9.59 Å². The van der Waals surface area contributed by atoms with Gasteiger partial charge in [0, 0.05) is 24.9 Å². The summed E-state index contributed by atoms with van der Waals surface area (Å²) < 4.78 is 0. The van der Waals surface area contributed by atoms with Crippen LogP contribution in [0.2, 0.25) is 0 Å². The van der Waals surface area contributed by atoms with Crippen LogP contribution in [-0.4, -0.2) is 51.9 Å². The smallest absolute Gasteiger partial charge is 0.248 e. The highest BCUT2D eigenvalue weighted by Gasteiger charge is 2.41. The highest BCUT2D eigenvalue weighted by atomic mass is 32.2. The van der Waals surface area contributed by atoms with Gasteiger partial charge in [-0.2, -0.15) is 0 Å². The van der Waals surface area contributed by atoms with E-state index >= 15 is 0 Å². The van der Waals surface area contributed by atoms with E-state index in [0.717, 1.165) is 37.9 Å². The van der Waals surface area contributed by atoms with Crippen molar-refractivity contribution in [1.29, 1.82) is 0 Å². The number of hydrogen-bond donors (Lipinski definition) is 0. The quantitative estimate of drug-likeness (QED) is 0.674. The Morgan fingerprint density at radius 3 is 2.23 bits per heavy atom. The van der Waals surface area contributed by atoms with Crippen LogP contribution in [-0.2, 0) is 9.59 Å². The lowest BCUT2D eigenvalue weighted by Crippen LogP contribution is -2.51. The zero-order valence-electron chi connectivity index (χ0n) is 14.6. The van der Waals surface area contributed by atoms with Gasteiger partial charge >= 0.3 is 0 Å². The number of rotatable bonds is 7. The van der Waals surface area contributed by atoms with E-state index in [2.05, 4.69) is 20.8 Å². The minimum Gasteiger partial charge on any atom is -0.341 e. The standard InChI is InChI=1S/C17H30N2O2S/c1-6-9-18(10-7-2)17(21)14-12-22-16(8-3)19(14)15(20)11-13(4)5/h11,14,16H,6-10,12H2,1-5H3. The van der Waals surface area contributed by atoms with Crippen molar-refractivity contribution >= 4 is 23.6 Å². The Bertz CT molecular complexity index is 413. The third kappa shape index (κ3) is 4.77. The summed E-state index contributed by atoms with van der Waals surface area (Å²) >= 11 is 1.72. The molecule has 0 bridgehead atoms. The minimum atomic E-state index is -0.309. The first kappa shape index (κ1) is 19.1. The number of nitrogens with zero attached hydrogens (tertiary/aromatic N) is 2. The van der Waals surface area contributed by atoms with Crippen molar-refractivity contribution in [2.45, 2.75) is 65.3 Å². The molecular weight excluding hydrogens is 296 g/mol. The fraction of sp³-hybridized carbons (Fsp3) is 0.765. The molecule has 0 aromatic rings. The summed E-state index contributed by atoms with van der Waals surface area (Å²) in [7, 11) is 0. The van der Waals surface area contributed by atoms with Crippen LogP contribution in [0, 0.1) is 0 Å². The molecule has 5 heteroatoms. The molecule has 1 aliphatic rings. The summed E-state index contributed by atoms with van der Waals surface area (Å²) in [5.41, 5.74) is 0.974. The maximum Gasteiger partial charge on any atom is 0.248 e. The molecule has 1 heterocycles. The number of carbonyl (C=O) groups is 2. The molecule has 0 radical (unpaired) electrons. The van der Waals surface area contributed by atoms with E-state index < -0.39 is 0 Å². The maximum absolute atomic E-state index is 12.9. The summed E-state index contributed by atoms with van der Waals surface area (Å²) in [5, 5.41) is 0.113. The molecule has 1 aliphatic heterocycles. The van der Waals surface area contributed by atoms with Gasteiger partial charge in [0.2, 0.25) is 11.8 Å². The van der Waals surface area contributed by atoms with Crippen LogP contribution in [0.3, 0.4) is 0 Å². The molecule has 0 aliphatic carbocycles. The van der Waals surface area contributed by atoms with Crippen LogP contribution in [0.5, 0.6) is 0 Å². The van der Waals surface area contributed by atoms with Crippen molar-refractivity contribution < 1.29 is 9.59 Å². The summed E-state index contributed by atoms with van der Waals surface area (Å²) in [6.07, 6.45) is 4.42. The minimum absolute atomic E-state index is 0.0249. The first-order valence-corrected chi connectivity index (χ1v) is 9.38. The molecule has 0 saturated carbocycles. The van der Waals surface area contributed by atoms with E-state index in [1.165, 1.54) is 0 Å². The fourth-order valence-electron chi connectivity index (χ4n) is 2.77. The van der Waals surface area contributed by atoms with Crippen LogP contribution in [0.1, 0.15) is 53.9 Å². The maximum atomic E-state index is 12.9. The molecule has 2 unspecified atom stereocenters. The van der Waals surface area contributed by atoms with Gasteiger partial charge in [0.1, 0.15) is 6.04 Å². The van der Waals surface area contributed by atoms with Crippen molar-refractivity contribution in [3.05, 3.63) is 11.6 Å². The summed E-state index contributed by atoms with van der Waals surface area (Å²) in [4.78, 5) is 29.2. The van der Waals surface area contributed by atoms with E-state index in [4.69, 9.17) is 0 Å². The second-order valence-electron chi connectivity index (χ2n) is 6.00. The van der Waals surface area contributed by atoms with Crippen molar-refractivity contribution in [3.63, 3.8) is 0 Å². The molecule has 0 N–H and O–H groups in total. The Hall–Kier alpha value is -0.970. The van der Waals surface area contributed by atoms with Gasteiger partial charge in [-0.25, -0.2) is 0 Å². The Morgan fingerprint density at radius 2 is 1.77 bits per heavy atom. The first-order valence-electron chi connectivity index (χ1n) is 8.33. The van der Waals surface area contributed by atoms with Crippen molar-refractivity contribution in [3.8, 4) is 0 Å². The SMILES string of the molecule is CCCN(CCC)C(=O)C1CSC(CC)N1C(=O)C=C(C)C. The van der Waals surface area contributed by atoms with Gasteiger partial charge in [0.25, 0.3) is 0 Å². The molecular formula is C17H30N2O2S. The summed E-state index contributed by atoms with van der Waals surface area (Å²) in [5.74, 6) is 0.801. The molecule has 0 aromatic carbocycles. The van der Waals surface area contributed by atoms with Crippen molar-refractivity contribution in [2.24, 2.45) is 0 Å². The molecule has 22 heavy (non-hydrogen) atoms. The number of thioether (sulfide) groups is 1. The Morgan fingerprint density at radius 1 is 1.18 bits per heavy atom. The molecule has 2 atom stereocenters. The highest BCUT2D eigenvalue weighted by molar-refractivity contribution is 8.00. The van der Waals surface area contributed by atoms with E-state index in [9.17, 15) is 9.59 Å². The van der Waals surface area contributed by atoms with Crippen LogP contribution in [0.4, 0.5) is 0 Å². The molecule has 1 saturated heterocycles. The zero-order chi connectivity index (χ0) is 16.7. The summed E-state index contributed by atoms with van der Waals surface area (Å²) in [6, 6.07) is -0.309. The number of hydrogen-bond acceptors (Lipinski definition) is 3. The van der Waals surface area contributed by atoms with Gasteiger partial charge in [0.05, 0.1) is 5.37 Å². The lowest BCUT2D eigenvalue weighted by Gasteiger charge is -2.31. The lowest BCUT2D eigenvalue weighted by molar-refractivity contribution is -0.142. The van der Waals surface area contributed by atoms with Crippen LogP contribution < -0.4 is 0 Å². The molecule has 1 fully saturated rings. The van der Waals surface area contributed by atoms with E-state index in [1.54, 1.807) is 22.7 Å². The molecule has 4 nitrogen and oxygen atoms in total. The average Bonchev–Trinajstić information content (AvgIpc) is 2.89. The second-order valence-corrected chi connectivity index (χ2v) is 7.22. The van der Waals surface area contributed by atoms with E-state index in [-0.39, 0.29) is 23.2 Å². The molecule has 0 spiro atoms. The Kier molecular flexibility index (Phi) is 8.01. The number of allylic oxidation sites excluding steroid dienone is 1. The van der Waals surface area contributed by atoms with Gasteiger partial charge in [-0.05, 0) is 33.1 Å². The van der Waals surface area contributed by atoms with E-state index in [1.807, 2.05) is 18.7 Å². The second kappa shape index (κ2) is 9.23. The Balaban J connectivity index is 2.96. The summed E-state index contributed by atoms with van der Waals surface area (Å²) in [6.45, 7) is 11.6. The topological polar surface area (TPSA) is 40.6 Å². The molecule has 0 aromatic heterocycles. The predicted molar refractivity (Wildman–Crippen MR) is 93.8 cm³/mol. The normalized spacial score (nSPS) is 20.9. The largest absolute Gasteiger partial charge is 0.341 e. The fourth-order valence-corrected chi connectivity index (χ4v) is 4.12. The monoisotopic (exact) mass is 326 g/mol. The van der Waals surface area contributed by atoms with Crippen LogP contribution in [0.15, 0.2) is 11.6 Å². The molecule has 2 amide bonds. The zero-order valence-corrected chi connectivity index (χ0v) is 15.4. The highest BCUT2D eigenvalue weighted by Crippen LogP contribution is 2.32. The molecule has 1 rings (SSSR count). The predicted octanol–water partition coefficient (Wildman–Crippen LogP) is 3.28. The molecule has 126 valence electrons. The van der Waals surface area contributed by atoms with Gasteiger partial charge < -0.3 is 9.80 Å². The lowest BCUT2D eigenvalue weighted by atomic mass is 10.2.